The summed E-state index contributed by atoms with van der Waals surface area (Å²) >= 11 is 0. The van der Waals surface area contributed by atoms with E-state index in [9.17, 15) is 0 Å². The van der Waals surface area contributed by atoms with Crippen LogP contribution in [0.2, 0.25) is 0 Å². The molecule has 0 saturated heterocycles. The number of nitrogens with zero attached hydrogens (tertiary/aromatic N) is 3. The lowest BCUT2D eigenvalue weighted by Gasteiger charge is -2.17. The van der Waals surface area contributed by atoms with Gasteiger partial charge in [0.15, 0.2) is 0 Å². The minimum Gasteiger partial charge on any atom is -0.252 e. The Morgan fingerprint density at radius 2 is 1.58 bits per heavy atom. The highest BCUT2D eigenvalue weighted by atomic mass is 15.4. The van der Waals surface area contributed by atoms with Crippen LogP contribution in [0.5, 0.6) is 0 Å². The zero-order valence-electron chi connectivity index (χ0n) is 13.7. The van der Waals surface area contributed by atoms with E-state index in [1.54, 1.807) is 0 Å². The van der Waals surface area contributed by atoms with E-state index < -0.39 is 0 Å². The van der Waals surface area contributed by atoms with Gasteiger partial charge in [0.2, 0.25) is 0 Å². The van der Waals surface area contributed by atoms with Crippen molar-refractivity contribution in [3.05, 3.63) is 11.9 Å². The van der Waals surface area contributed by atoms with Crippen LogP contribution in [0.15, 0.2) is 6.20 Å². The average molecular weight is 265 g/mol. The summed E-state index contributed by atoms with van der Waals surface area (Å²) in [6.45, 7) is 14.7. The van der Waals surface area contributed by atoms with Crippen LogP contribution in [-0.4, -0.2) is 15.0 Å². The molecule has 0 fully saturated rings. The van der Waals surface area contributed by atoms with Crippen LogP contribution >= 0.6 is 0 Å². The molecule has 3 nitrogen and oxygen atoms in total. The molecule has 1 rings (SSSR count). The molecule has 0 aromatic carbocycles. The van der Waals surface area contributed by atoms with Crippen LogP contribution in [0.3, 0.4) is 0 Å². The highest BCUT2D eigenvalue weighted by Crippen LogP contribution is 2.22. The number of aryl methyl sites for hydroxylation is 2. The fourth-order valence-corrected chi connectivity index (χ4v) is 1.99. The number of hydrogen-bond acceptors (Lipinski definition) is 2. The van der Waals surface area contributed by atoms with Gasteiger partial charge in [-0.3, -0.25) is 4.68 Å². The maximum atomic E-state index is 4.26. The van der Waals surface area contributed by atoms with Crippen molar-refractivity contribution in [1.82, 2.24) is 15.0 Å². The molecule has 110 valence electrons. The Morgan fingerprint density at radius 1 is 0.947 bits per heavy atom. The maximum Gasteiger partial charge on any atom is 0.0827 e. The zero-order valence-corrected chi connectivity index (χ0v) is 13.7. The quantitative estimate of drug-likeness (QED) is 0.710. The van der Waals surface area contributed by atoms with E-state index >= 15 is 0 Å². The number of unbranched alkanes of at least 4 members (excludes halogenated alkanes) is 1. The van der Waals surface area contributed by atoms with E-state index in [0.717, 1.165) is 25.1 Å². The molecule has 0 aliphatic rings. The summed E-state index contributed by atoms with van der Waals surface area (Å²) in [6.07, 6.45) is 8.04. The van der Waals surface area contributed by atoms with Gasteiger partial charge in [-0.05, 0) is 36.5 Å². The first-order chi connectivity index (χ1) is 8.66. The lowest BCUT2D eigenvalue weighted by Crippen LogP contribution is -2.06. The molecule has 0 aliphatic heterocycles. The molecule has 0 spiro atoms. The fraction of sp³-hybridized carbons (Fsp3) is 0.875. The van der Waals surface area contributed by atoms with Crippen molar-refractivity contribution in [2.45, 2.75) is 80.2 Å². The fourth-order valence-electron chi connectivity index (χ4n) is 1.99. The third kappa shape index (κ3) is 8.02. The second-order valence-corrected chi connectivity index (χ2v) is 8.05. The van der Waals surface area contributed by atoms with Crippen LogP contribution in [0, 0.1) is 10.8 Å². The van der Waals surface area contributed by atoms with E-state index in [1.807, 2.05) is 4.68 Å². The Morgan fingerprint density at radius 3 is 2.16 bits per heavy atom. The molecule has 0 aliphatic carbocycles. The Hall–Kier alpha value is -0.860. The van der Waals surface area contributed by atoms with Crippen molar-refractivity contribution in [2.24, 2.45) is 10.8 Å². The van der Waals surface area contributed by atoms with Gasteiger partial charge in [-0.2, -0.15) is 0 Å². The minimum atomic E-state index is 0.372. The zero-order chi connectivity index (χ0) is 14.5. The van der Waals surface area contributed by atoms with E-state index in [-0.39, 0.29) is 0 Å². The van der Waals surface area contributed by atoms with Gasteiger partial charge in [0.25, 0.3) is 0 Å². The SMILES string of the molecule is CC(C)(C)CCCCn1cc(CCC(C)(C)C)nn1. The predicted octanol–water partition coefficient (Wildman–Crippen LogP) is 4.47. The molecule has 1 heterocycles. The van der Waals surface area contributed by atoms with Gasteiger partial charge in [-0.15, -0.1) is 5.10 Å². The van der Waals surface area contributed by atoms with E-state index in [0.29, 0.717) is 10.8 Å². The molecule has 0 amide bonds. The first kappa shape index (κ1) is 16.2. The van der Waals surface area contributed by atoms with Crippen LogP contribution in [0.1, 0.15) is 72.9 Å². The monoisotopic (exact) mass is 265 g/mol. The molecule has 3 heteroatoms. The van der Waals surface area contributed by atoms with E-state index in [4.69, 9.17) is 0 Å². The standard InChI is InChI=1S/C16H31N3/c1-15(2,3)10-7-8-12-19-13-14(17-18-19)9-11-16(4,5)6/h13H,7-12H2,1-6H3. The highest BCUT2D eigenvalue weighted by Gasteiger charge is 2.12. The third-order valence-corrected chi connectivity index (χ3v) is 3.28. The van der Waals surface area contributed by atoms with Gasteiger partial charge in [0, 0.05) is 12.7 Å². The van der Waals surface area contributed by atoms with Gasteiger partial charge in [-0.1, -0.05) is 53.2 Å². The first-order valence-electron chi connectivity index (χ1n) is 7.55. The Labute approximate surface area is 118 Å². The molecule has 0 unspecified atom stereocenters. The Bertz CT molecular complexity index is 366. The normalized spacial score (nSPS) is 12.9. The molecule has 19 heavy (non-hydrogen) atoms. The lowest BCUT2D eigenvalue weighted by atomic mass is 9.90. The molecule has 1 aromatic heterocycles. The molecular formula is C16H31N3. The molecule has 0 saturated carbocycles. The van der Waals surface area contributed by atoms with Gasteiger partial charge in [0.05, 0.1) is 5.69 Å². The van der Waals surface area contributed by atoms with Crippen molar-refractivity contribution >= 4 is 0 Å². The average Bonchev–Trinajstić information content (AvgIpc) is 2.67. The maximum absolute atomic E-state index is 4.26. The number of hydrogen-bond donors (Lipinski definition) is 0. The van der Waals surface area contributed by atoms with Gasteiger partial charge in [0.1, 0.15) is 0 Å². The topological polar surface area (TPSA) is 30.7 Å². The van der Waals surface area contributed by atoms with Crippen molar-refractivity contribution < 1.29 is 0 Å². The second-order valence-electron chi connectivity index (χ2n) is 8.05. The van der Waals surface area contributed by atoms with Crippen molar-refractivity contribution in [1.29, 1.82) is 0 Å². The second kappa shape index (κ2) is 6.53. The molecule has 0 radical (unpaired) electrons. The highest BCUT2D eigenvalue weighted by molar-refractivity contribution is 4.93. The lowest BCUT2D eigenvalue weighted by molar-refractivity contribution is 0.352. The smallest absolute Gasteiger partial charge is 0.0827 e. The van der Waals surface area contributed by atoms with E-state index in [2.05, 4.69) is 58.1 Å². The molecule has 0 N–H and O–H groups in total. The summed E-state index contributed by atoms with van der Waals surface area (Å²) < 4.78 is 2.00. The summed E-state index contributed by atoms with van der Waals surface area (Å²) in [7, 11) is 0. The summed E-state index contributed by atoms with van der Waals surface area (Å²) in [5.74, 6) is 0. The summed E-state index contributed by atoms with van der Waals surface area (Å²) in [4.78, 5) is 0. The van der Waals surface area contributed by atoms with Crippen molar-refractivity contribution in [3.63, 3.8) is 0 Å². The summed E-state index contributed by atoms with van der Waals surface area (Å²) in [5, 5.41) is 8.48. The van der Waals surface area contributed by atoms with E-state index in [1.165, 1.54) is 19.3 Å². The van der Waals surface area contributed by atoms with Crippen molar-refractivity contribution in [3.8, 4) is 0 Å². The van der Waals surface area contributed by atoms with Crippen LogP contribution in [-0.2, 0) is 13.0 Å². The van der Waals surface area contributed by atoms with Gasteiger partial charge < -0.3 is 0 Å². The molecule has 1 aromatic rings. The van der Waals surface area contributed by atoms with Crippen LogP contribution in [0.4, 0.5) is 0 Å². The van der Waals surface area contributed by atoms with Crippen LogP contribution in [0.25, 0.3) is 0 Å². The Kier molecular flexibility index (Phi) is 5.57. The summed E-state index contributed by atoms with van der Waals surface area (Å²) in [6, 6.07) is 0. The summed E-state index contributed by atoms with van der Waals surface area (Å²) in [5.41, 5.74) is 1.95. The predicted molar refractivity (Wildman–Crippen MR) is 81.1 cm³/mol. The van der Waals surface area contributed by atoms with Crippen LogP contribution < -0.4 is 0 Å². The molecule has 0 atom stereocenters. The minimum absolute atomic E-state index is 0.372. The number of aromatic nitrogens is 3. The third-order valence-electron chi connectivity index (χ3n) is 3.28. The van der Waals surface area contributed by atoms with Crippen molar-refractivity contribution in [2.75, 3.05) is 0 Å². The largest absolute Gasteiger partial charge is 0.252 e. The molecule has 0 bridgehead atoms. The van der Waals surface area contributed by atoms with Gasteiger partial charge in [-0.25, -0.2) is 0 Å². The van der Waals surface area contributed by atoms with Gasteiger partial charge >= 0.3 is 0 Å². The first-order valence-corrected chi connectivity index (χ1v) is 7.55. The Balaban J connectivity index is 2.27. The molecular weight excluding hydrogens is 234 g/mol. The number of rotatable bonds is 6.